The third-order valence-electron chi connectivity index (χ3n) is 6.71. The molecule has 3 aromatic carbocycles. The van der Waals surface area contributed by atoms with Gasteiger partial charge in [0.2, 0.25) is 12.5 Å². The Balaban J connectivity index is 1.70. The zero-order valence-corrected chi connectivity index (χ0v) is 21.7. The molecule has 0 bridgehead atoms. The molecule has 0 saturated carbocycles. The first kappa shape index (κ1) is 25.3. The molecule has 2 aliphatic heterocycles. The number of esters is 1. The van der Waals surface area contributed by atoms with E-state index < -0.39 is 11.8 Å². The zero-order chi connectivity index (χ0) is 27.0. The van der Waals surface area contributed by atoms with Crippen molar-refractivity contribution >= 4 is 11.5 Å². The van der Waals surface area contributed by atoms with Gasteiger partial charge in [-0.15, -0.1) is 0 Å². The number of methoxy groups -OCH3 is 4. The predicted octanol–water partition coefficient (Wildman–Crippen LogP) is 4.16. The molecule has 198 valence electrons. The molecular weight excluding hydrogens is 492 g/mol. The molecule has 2 aliphatic rings. The number of rotatable bonds is 8. The fraction of sp³-hybridized carbons (Fsp3) is 0.276. The van der Waals surface area contributed by atoms with E-state index >= 15 is 0 Å². The van der Waals surface area contributed by atoms with Gasteiger partial charge in [0, 0.05) is 17.6 Å². The monoisotopic (exact) mass is 520 g/mol. The third kappa shape index (κ3) is 4.14. The molecular formula is C29H28O9. The van der Waals surface area contributed by atoms with E-state index in [4.69, 9.17) is 33.2 Å². The number of benzene rings is 3. The quantitative estimate of drug-likeness (QED) is 0.439. The second-order valence-electron chi connectivity index (χ2n) is 8.85. The molecule has 0 saturated heterocycles. The third-order valence-corrected chi connectivity index (χ3v) is 6.71. The SMILES string of the molecule is COc1ccc(C2(O)OC(=O)C(c3ccc4c(c3)OCO4)=C2Cc2cc(OC)c(OC)c(OC)c2)cc1C. The molecule has 3 aromatic rings. The van der Waals surface area contributed by atoms with E-state index in [9.17, 15) is 9.90 Å². The van der Waals surface area contributed by atoms with Gasteiger partial charge in [-0.2, -0.15) is 0 Å². The highest BCUT2D eigenvalue weighted by molar-refractivity contribution is 6.20. The Morgan fingerprint density at radius 1 is 0.842 bits per heavy atom. The Morgan fingerprint density at radius 3 is 2.16 bits per heavy atom. The van der Waals surface area contributed by atoms with Crippen molar-refractivity contribution in [3.05, 3.63) is 76.4 Å². The zero-order valence-electron chi connectivity index (χ0n) is 21.7. The van der Waals surface area contributed by atoms with Crippen LogP contribution >= 0.6 is 0 Å². The van der Waals surface area contributed by atoms with Gasteiger partial charge in [-0.25, -0.2) is 4.79 Å². The Labute approximate surface area is 220 Å². The van der Waals surface area contributed by atoms with E-state index in [1.165, 1.54) is 21.3 Å². The summed E-state index contributed by atoms with van der Waals surface area (Å²) in [4.78, 5) is 13.4. The lowest BCUT2D eigenvalue weighted by molar-refractivity contribution is -0.185. The van der Waals surface area contributed by atoms with Crippen LogP contribution in [0.3, 0.4) is 0 Å². The topological polar surface area (TPSA) is 102 Å². The number of cyclic esters (lactones) is 1. The largest absolute Gasteiger partial charge is 0.496 e. The maximum absolute atomic E-state index is 13.4. The molecule has 9 nitrogen and oxygen atoms in total. The fourth-order valence-corrected chi connectivity index (χ4v) is 4.86. The van der Waals surface area contributed by atoms with Crippen molar-refractivity contribution in [3.63, 3.8) is 0 Å². The maximum Gasteiger partial charge on any atom is 0.342 e. The molecule has 0 amide bonds. The number of carbonyl (C=O) groups is 1. The lowest BCUT2D eigenvalue weighted by atomic mass is 9.87. The van der Waals surface area contributed by atoms with Crippen molar-refractivity contribution in [2.75, 3.05) is 35.2 Å². The van der Waals surface area contributed by atoms with Gasteiger partial charge in [-0.05, 0) is 66.1 Å². The number of aliphatic hydroxyl groups is 1. The standard InChI is InChI=1S/C29H28O9/c1-16-10-19(7-9-21(16)32-2)29(31)20(11-17-12-24(33-3)27(35-5)25(13-17)34-4)26(28(30)38-29)18-6-8-22-23(14-18)37-15-36-22/h6-10,12-14,31H,11,15H2,1-5H3. The highest BCUT2D eigenvalue weighted by Gasteiger charge is 2.48. The van der Waals surface area contributed by atoms with Crippen LogP contribution in [0.5, 0.6) is 34.5 Å². The number of fused-ring (bicyclic) bond motifs is 1. The predicted molar refractivity (Wildman–Crippen MR) is 137 cm³/mol. The van der Waals surface area contributed by atoms with Gasteiger partial charge < -0.3 is 38.3 Å². The first-order chi connectivity index (χ1) is 18.3. The Morgan fingerprint density at radius 2 is 1.53 bits per heavy atom. The van der Waals surface area contributed by atoms with E-state index in [1.54, 1.807) is 55.6 Å². The Bertz CT molecular complexity index is 1420. The van der Waals surface area contributed by atoms with Crippen LogP contribution in [0.4, 0.5) is 0 Å². The molecule has 38 heavy (non-hydrogen) atoms. The molecule has 1 atom stereocenters. The van der Waals surface area contributed by atoms with Gasteiger partial charge in [0.25, 0.3) is 5.79 Å². The summed E-state index contributed by atoms with van der Waals surface area (Å²) in [5, 5.41) is 12.0. The van der Waals surface area contributed by atoms with E-state index in [0.717, 1.165) is 5.56 Å². The number of hydrogen-bond donors (Lipinski definition) is 1. The Kier molecular flexibility index (Phi) is 6.54. The second kappa shape index (κ2) is 9.83. The van der Waals surface area contributed by atoms with Crippen LogP contribution < -0.4 is 28.4 Å². The molecule has 9 heteroatoms. The lowest BCUT2D eigenvalue weighted by Crippen LogP contribution is -2.30. The highest BCUT2D eigenvalue weighted by Crippen LogP contribution is 2.48. The first-order valence-corrected chi connectivity index (χ1v) is 11.9. The number of carbonyl (C=O) groups excluding carboxylic acids is 1. The minimum absolute atomic E-state index is 0.0929. The van der Waals surface area contributed by atoms with Crippen LogP contribution in [-0.4, -0.2) is 46.3 Å². The molecule has 1 N–H and O–H groups in total. The van der Waals surface area contributed by atoms with Gasteiger partial charge in [0.15, 0.2) is 23.0 Å². The summed E-state index contributed by atoms with van der Waals surface area (Å²) >= 11 is 0. The minimum Gasteiger partial charge on any atom is -0.496 e. The van der Waals surface area contributed by atoms with Gasteiger partial charge >= 0.3 is 5.97 Å². The normalized spacial score (nSPS) is 17.9. The fourth-order valence-electron chi connectivity index (χ4n) is 4.86. The van der Waals surface area contributed by atoms with Crippen molar-refractivity contribution in [1.82, 2.24) is 0 Å². The average Bonchev–Trinajstić information content (AvgIpc) is 3.49. The minimum atomic E-state index is -2.04. The summed E-state index contributed by atoms with van der Waals surface area (Å²) in [6.45, 7) is 1.94. The van der Waals surface area contributed by atoms with Crippen molar-refractivity contribution in [2.45, 2.75) is 19.1 Å². The van der Waals surface area contributed by atoms with Crippen LogP contribution in [0, 0.1) is 6.92 Å². The average molecular weight is 521 g/mol. The molecule has 0 aromatic heterocycles. The summed E-state index contributed by atoms with van der Waals surface area (Å²) < 4.78 is 38.6. The summed E-state index contributed by atoms with van der Waals surface area (Å²) in [5.41, 5.74) is 2.98. The molecule has 0 fully saturated rings. The molecule has 0 aliphatic carbocycles. The van der Waals surface area contributed by atoms with Crippen LogP contribution in [0.2, 0.25) is 0 Å². The van der Waals surface area contributed by atoms with Crippen LogP contribution in [0.25, 0.3) is 5.57 Å². The molecule has 0 spiro atoms. The van der Waals surface area contributed by atoms with E-state index in [0.29, 0.717) is 56.8 Å². The van der Waals surface area contributed by atoms with Gasteiger partial charge in [0.05, 0.1) is 34.0 Å². The van der Waals surface area contributed by atoms with Crippen LogP contribution in [-0.2, 0) is 21.7 Å². The van der Waals surface area contributed by atoms with Gasteiger partial charge in [0.1, 0.15) is 5.75 Å². The van der Waals surface area contributed by atoms with E-state index in [1.807, 2.05) is 6.92 Å². The van der Waals surface area contributed by atoms with Crippen LogP contribution in [0.15, 0.2) is 54.1 Å². The molecule has 2 heterocycles. The smallest absolute Gasteiger partial charge is 0.342 e. The molecule has 1 unspecified atom stereocenters. The van der Waals surface area contributed by atoms with Crippen molar-refractivity contribution in [2.24, 2.45) is 0 Å². The number of aryl methyl sites for hydroxylation is 1. The van der Waals surface area contributed by atoms with Gasteiger partial charge in [-0.3, -0.25) is 0 Å². The number of ether oxygens (including phenoxy) is 7. The lowest BCUT2D eigenvalue weighted by Gasteiger charge is -2.26. The van der Waals surface area contributed by atoms with Crippen LogP contribution in [0.1, 0.15) is 22.3 Å². The Hall–Kier alpha value is -4.37. The molecule has 5 rings (SSSR count). The summed E-state index contributed by atoms with van der Waals surface area (Å²) in [6.07, 6.45) is 0.133. The van der Waals surface area contributed by atoms with Crippen molar-refractivity contribution < 1.29 is 43.1 Å². The maximum atomic E-state index is 13.4. The first-order valence-electron chi connectivity index (χ1n) is 11.9. The van der Waals surface area contributed by atoms with E-state index in [-0.39, 0.29) is 18.8 Å². The summed E-state index contributed by atoms with van der Waals surface area (Å²) in [6, 6.07) is 13.9. The summed E-state index contributed by atoms with van der Waals surface area (Å²) in [5.74, 6) is 0.347. The van der Waals surface area contributed by atoms with Gasteiger partial charge in [-0.1, -0.05) is 6.07 Å². The number of hydrogen-bond acceptors (Lipinski definition) is 9. The van der Waals surface area contributed by atoms with E-state index in [2.05, 4.69) is 0 Å². The second-order valence-corrected chi connectivity index (χ2v) is 8.85. The van der Waals surface area contributed by atoms with Crippen molar-refractivity contribution in [3.8, 4) is 34.5 Å². The highest BCUT2D eigenvalue weighted by atomic mass is 16.7. The molecule has 0 radical (unpaired) electrons. The summed E-state index contributed by atoms with van der Waals surface area (Å²) in [7, 11) is 6.14. The van der Waals surface area contributed by atoms with Crippen molar-refractivity contribution in [1.29, 1.82) is 0 Å².